The first-order chi connectivity index (χ1) is 17.7. The fourth-order valence-corrected chi connectivity index (χ4v) is 3.99. The minimum Gasteiger partial charge on any atom is -0.444 e. The second kappa shape index (κ2) is 9.52. The number of aromatic nitrogens is 6. The summed E-state index contributed by atoms with van der Waals surface area (Å²) in [4.78, 5) is 38.2. The number of hydrogen-bond acceptors (Lipinski definition) is 8. The second-order valence-electron chi connectivity index (χ2n) is 9.85. The summed E-state index contributed by atoms with van der Waals surface area (Å²) in [5.74, 6) is 1.33. The molecule has 1 aliphatic heterocycles. The van der Waals surface area contributed by atoms with E-state index in [2.05, 4.69) is 25.3 Å². The summed E-state index contributed by atoms with van der Waals surface area (Å²) in [6.07, 6.45) is 6.25. The van der Waals surface area contributed by atoms with Crippen LogP contribution in [0.2, 0.25) is 0 Å². The van der Waals surface area contributed by atoms with Crippen molar-refractivity contribution in [3.63, 3.8) is 0 Å². The van der Waals surface area contributed by atoms with Gasteiger partial charge in [-0.15, -0.1) is 5.10 Å². The van der Waals surface area contributed by atoms with Crippen molar-refractivity contribution in [1.29, 1.82) is 0 Å². The van der Waals surface area contributed by atoms with E-state index >= 15 is 0 Å². The lowest BCUT2D eigenvalue weighted by atomic mass is 10.2. The van der Waals surface area contributed by atoms with E-state index in [0.29, 0.717) is 54.8 Å². The average molecular weight is 504 g/mol. The zero-order valence-corrected chi connectivity index (χ0v) is 21.2. The monoisotopic (exact) mass is 503 g/mol. The SMILES string of the molecule is Cc1ccc(-n2nc(N3CCN(C(=O)OC(C)(C)C)CC3)cc2NC(=O)c2cnn3cccnc23)nc1. The molecule has 1 fully saturated rings. The largest absolute Gasteiger partial charge is 0.444 e. The van der Waals surface area contributed by atoms with E-state index in [1.807, 2.05) is 45.9 Å². The maximum absolute atomic E-state index is 13.2. The lowest BCUT2D eigenvalue weighted by Crippen LogP contribution is -2.50. The highest BCUT2D eigenvalue weighted by Gasteiger charge is 2.28. The molecule has 2 amide bonds. The fraction of sp³-hybridized carbons (Fsp3) is 0.360. The fourth-order valence-electron chi connectivity index (χ4n) is 3.99. The van der Waals surface area contributed by atoms with Crippen LogP contribution in [0.25, 0.3) is 11.5 Å². The average Bonchev–Trinajstić information content (AvgIpc) is 3.48. The topological polar surface area (TPSA) is 123 Å². The maximum atomic E-state index is 13.2. The number of hydrogen-bond donors (Lipinski definition) is 1. The lowest BCUT2D eigenvalue weighted by molar-refractivity contribution is 0.0240. The van der Waals surface area contributed by atoms with Gasteiger partial charge >= 0.3 is 6.09 Å². The van der Waals surface area contributed by atoms with Crippen LogP contribution in [0.5, 0.6) is 0 Å². The van der Waals surface area contributed by atoms with Gasteiger partial charge in [0.05, 0.1) is 6.20 Å². The standard InChI is InChI=1S/C25H29N9O3/c1-17-6-7-19(27-15-17)34-20(29-23(35)18-16-28-33-9-5-8-26-22(18)33)14-21(30-34)31-10-12-32(13-11-31)24(36)37-25(2,3)4/h5-9,14-16H,10-13H2,1-4H3,(H,29,35). The minimum atomic E-state index is -0.544. The Morgan fingerprint density at radius 3 is 2.51 bits per heavy atom. The molecular formula is C25H29N9O3. The van der Waals surface area contributed by atoms with Crippen molar-refractivity contribution in [2.24, 2.45) is 0 Å². The van der Waals surface area contributed by atoms with Gasteiger partial charge in [-0.1, -0.05) is 6.07 Å². The van der Waals surface area contributed by atoms with Crippen LogP contribution in [0.4, 0.5) is 16.4 Å². The van der Waals surface area contributed by atoms with Crippen LogP contribution < -0.4 is 10.2 Å². The number of pyridine rings is 1. The predicted molar refractivity (Wildman–Crippen MR) is 137 cm³/mol. The first-order valence-electron chi connectivity index (χ1n) is 12.0. The summed E-state index contributed by atoms with van der Waals surface area (Å²) in [5.41, 5.74) is 1.27. The Kier molecular flexibility index (Phi) is 6.24. The molecule has 5 heterocycles. The minimum absolute atomic E-state index is 0.323. The Morgan fingerprint density at radius 2 is 1.81 bits per heavy atom. The molecule has 0 saturated carbocycles. The molecule has 1 N–H and O–H groups in total. The highest BCUT2D eigenvalue weighted by Crippen LogP contribution is 2.25. The summed E-state index contributed by atoms with van der Waals surface area (Å²) < 4.78 is 8.65. The second-order valence-corrected chi connectivity index (χ2v) is 9.85. The molecule has 0 aliphatic carbocycles. The molecule has 0 spiro atoms. The van der Waals surface area contributed by atoms with Crippen LogP contribution in [-0.4, -0.2) is 78.0 Å². The Hall–Kier alpha value is -4.48. The number of amides is 2. The maximum Gasteiger partial charge on any atom is 0.410 e. The summed E-state index contributed by atoms with van der Waals surface area (Å²) in [6, 6.07) is 7.33. The van der Waals surface area contributed by atoms with Crippen molar-refractivity contribution in [3.8, 4) is 5.82 Å². The van der Waals surface area contributed by atoms with E-state index < -0.39 is 5.60 Å². The number of piperazine rings is 1. The zero-order chi connectivity index (χ0) is 26.2. The van der Waals surface area contributed by atoms with Gasteiger partial charge < -0.3 is 19.9 Å². The Labute approximate surface area is 213 Å². The van der Waals surface area contributed by atoms with Gasteiger partial charge in [-0.05, 0) is 45.4 Å². The van der Waals surface area contributed by atoms with Crippen molar-refractivity contribution in [1.82, 2.24) is 34.3 Å². The third kappa shape index (κ3) is 5.22. The van der Waals surface area contributed by atoms with E-state index in [0.717, 1.165) is 5.56 Å². The molecule has 12 heteroatoms. The van der Waals surface area contributed by atoms with Crippen LogP contribution in [0, 0.1) is 6.92 Å². The third-order valence-electron chi connectivity index (χ3n) is 5.83. The summed E-state index contributed by atoms with van der Waals surface area (Å²) in [5, 5.41) is 11.9. The molecular weight excluding hydrogens is 474 g/mol. The third-order valence-corrected chi connectivity index (χ3v) is 5.83. The molecule has 0 atom stereocenters. The summed E-state index contributed by atoms with van der Waals surface area (Å²) >= 11 is 0. The van der Waals surface area contributed by atoms with Crippen LogP contribution in [0.3, 0.4) is 0 Å². The quantitative estimate of drug-likeness (QED) is 0.451. The van der Waals surface area contributed by atoms with Crippen LogP contribution >= 0.6 is 0 Å². The van der Waals surface area contributed by atoms with Gasteiger partial charge in [0.1, 0.15) is 17.0 Å². The predicted octanol–water partition coefficient (Wildman–Crippen LogP) is 2.93. The van der Waals surface area contributed by atoms with Crippen LogP contribution in [0.15, 0.2) is 49.1 Å². The van der Waals surface area contributed by atoms with Crippen molar-refractivity contribution < 1.29 is 14.3 Å². The number of carbonyl (C=O) groups is 2. The highest BCUT2D eigenvalue weighted by molar-refractivity contribution is 6.08. The van der Waals surface area contributed by atoms with Crippen molar-refractivity contribution in [2.75, 3.05) is 36.4 Å². The molecule has 1 aliphatic rings. The van der Waals surface area contributed by atoms with E-state index in [-0.39, 0.29) is 12.0 Å². The van der Waals surface area contributed by atoms with Gasteiger partial charge in [0.15, 0.2) is 17.3 Å². The summed E-state index contributed by atoms with van der Waals surface area (Å²) in [7, 11) is 0. The zero-order valence-electron chi connectivity index (χ0n) is 21.2. The lowest BCUT2D eigenvalue weighted by Gasteiger charge is -2.35. The van der Waals surface area contributed by atoms with E-state index in [9.17, 15) is 9.59 Å². The van der Waals surface area contributed by atoms with E-state index in [1.54, 1.807) is 38.8 Å². The molecule has 5 rings (SSSR count). The smallest absolute Gasteiger partial charge is 0.410 e. The van der Waals surface area contributed by atoms with Crippen LogP contribution in [0.1, 0.15) is 36.7 Å². The van der Waals surface area contributed by atoms with E-state index in [1.165, 1.54) is 6.20 Å². The van der Waals surface area contributed by atoms with Crippen molar-refractivity contribution in [2.45, 2.75) is 33.3 Å². The number of ether oxygens (including phenoxy) is 1. The first kappa shape index (κ1) is 24.2. The van der Waals surface area contributed by atoms with Gasteiger partial charge in [0.2, 0.25) is 0 Å². The Balaban J connectivity index is 1.39. The highest BCUT2D eigenvalue weighted by atomic mass is 16.6. The van der Waals surface area contributed by atoms with Gasteiger partial charge in [-0.25, -0.2) is 19.3 Å². The number of nitrogens with zero attached hydrogens (tertiary/aromatic N) is 8. The van der Waals surface area contributed by atoms with Crippen LogP contribution in [-0.2, 0) is 4.74 Å². The molecule has 0 bridgehead atoms. The normalized spacial score (nSPS) is 14.2. The van der Waals surface area contributed by atoms with Gasteiger partial charge in [-0.2, -0.15) is 9.78 Å². The van der Waals surface area contributed by atoms with Gasteiger partial charge in [-0.3, -0.25) is 4.79 Å². The van der Waals surface area contributed by atoms with E-state index in [4.69, 9.17) is 9.84 Å². The first-order valence-corrected chi connectivity index (χ1v) is 12.0. The molecule has 4 aromatic rings. The molecule has 4 aromatic heterocycles. The van der Waals surface area contributed by atoms with Crippen molar-refractivity contribution in [3.05, 3.63) is 60.2 Å². The number of aryl methyl sites for hydroxylation is 1. The Bertz CT molecular complexity index is 1430. The molecule has 12 nitrogen and oxygen atoms in total. The van der Waals surface area contributed by atoms with Gasteiger partial charge in [0, 0.05) is 50.8 Å². The number of nitrogens with one attached hydrogen (secondary N) is 1. The number of anilines is 2. The molecule has 0 aromatic carbocycles. The van der Waals surface area contributed by atoms with Crippen molar-refractivity contribution >= 4 is 29.3 Å². The number of carbonyl (C=O) groups excluding carboxylic acids is 2. The molecule has 0 radical (unpaired) electrons. The molecule has 0 unspecified atom stereocenters. The number of fused-ring (bicyclic) bond motifs is 1. The number of rotatable bonds is 4. The molecule has 192 valence electrons. The molecule has 37 heavy (non-hydrogen) atoms. The van der Waals surface area contributed by atoms with Gasteiger partial charge in [0.25, 0.3) is 5.91 Å². The summed E-state index contributed by atoms with van der Waals surface area (Å²) in [6.45, 7) is 9.66. The Morgan fingerprint density at radius 1 is 1.03 bits per heavy atom. The molecule has 1 saturated heterocycles.